The molecule has 0 atom stereocenters. The molecule has 3 rings (SSSR count). The topological polar surface area (TPSA) is 62.1 Å². The lowest BCUT2D eigenvalue weighted by Crippen LogP contribution is -2.13. The van der Waals surface area contributed by atoms with Crippen molar-refractivity contribution in [2.75, 3.05) is 5.32 Å². The first-order valence-electron chi connectivity index (χ1n) is 8.90. The highest BCUT2D eigenvalue weighted by atomic mass is 127. The molecule has 31 heavy (non-hydrogen) atoms. The molecule has 0 heterocycles. The third-order valence-corrected chi connectivity index (χ3v) is 5.63. The van der Waals surface area contributed by atoms with Crippen molar-refractivity contribution in [3.63, 3.8) is 0 Å². The van der Waals surface area contributed by atoms with Gasteiger partial charge in [-0.2, -0.15) is 5.26 Å². The number of rotatable bonds is 6. The van der Waals surface area contributed by atoms with Gasteiger partial charge < -0.3 is 10.1 Å². The second-order valence-corrected chi connectivity index (χ2v) is 8.86. The summed E-state index contributed by atoms with van der Waals surface area (Å²) in [4.78, 5) is 12.4. The molecule has 1 N–H and O–H groups in total. The lowest BCUT2D eigenvalue weighted by Gasteiger charge is -2.11. The van der Waals surface area contributed by atoms with Crippen LogP contribution in [0.4, 0.5) is 5.69 Å². The maximum absolute atomic E-state index is 12.4. The summed E-state index contributed by atoms with van der Waals surface area (Å²) in [6.07, 6.45) is 1.42. The fourth-order valence-corrected chi connectivity index (χ4v) is 3.68. The molecule has 0 aromatic heterocycles. The van der Waals surface area contributed by atoms with Crippen molar-refractivity contribution in [3.8, 4) is 11.8 Å². The Labute approximate surface area is 208 Å². The van der Waals surface area contributed by atoms with Gasteiger partial charge >= 0.3 is 0 Å². The van der Waals surface area contributed by atoms with Gasteiger partial charge in [-0.05, 0) is 88.3 Å². The third kappa shape index (κ3) is 6.62. The largest absolute Gasteiger partial charge is 0.486 e. The van der Waals surface area contributed by atoms with Crippen LogP contribution < -0.4 is 10.1 Å². The van der Waals surface area contributed by atoms with Gasteiger partial charge in [0.2, 0.25) is 0 Å². The van der Waals surface area contributed by atoms with E-state index in [2.05, 4.69) is 27.9 Å². The van der Waals surface area contributed by atoms with E-state index in [1.807, 2.05) is 30.3 Å². The summed E-state index contributed by atoms with van der Waals surface area (Å²) in [7, 11) is 0. The van der Waals surface area contributed by atoms with Crippen LogP contribution in [-0.4, -0.2) is 5.91 Å². The fourth-order valence-electron chi connectivity index (χ4n) is 2.58. The molecule has 156 valence electrons. The van der Waals surface area contributed by atoms with Crippen molar-refractivity contribution < 1.29 is 9.53 Å². The number of nitriles is 1. The molecular weight excluding hydrogens is 570 g/mol. The molecule has 0 aliphatic heterocycles. The monoisotopic (exact) mass is 582 g/mol. The Morgan fingerprint density at radius 1 is 1.03 bits per heavy atom. The summed E-state index contributed by atoms with van der Waals surface area (Å²) >= 11 is 20.7. The number of carbonyl (C=O) groups is 1. The zero-order valence-electron chi connectivity index (χ0n) is 15.8. The Bertz CT molecular complexity index is 1150. The first kappa shape index (κ1) is 23.4. The number of hydrogen-bond acceptors (Lipinski definition) is 3. The van der Waals surface area contributed by atoms with Gasteiger partial charge in [-0.25, -0.2) is 0 Å². The van der Waals surface area contributed by atoms with Crippen LogP contribution in [-0.2, 0) is 11.4 Å². The average molecular weight is 584 g/mol. The molecule has 0 radical (unpaired) electrons. The molecule has 3 aromatic rings. The van der Waals surface area contributed by atoms with Crippen LogP contribution in [0.5, 0.6) is 5.75 Å². The van der Waals surface area contributed by atoms with Crippen molar-refractivity contribution in [2.45, 2.75) is 6.61 Å². The summed E-state index contributed by atoms with van der Waals surface area (Å²) in [5.41, 5.74) is 1.91. The highest BCUT2D eigenvalue weighted by Gasteiger charge is 2.13. The van der Waals surface area contributed by atoms with Crippen LogP contribution in [0.15, 0.2) is 66.2 Å². The highest BCUT2D eigenvalue weighted by molar-refractivity contribution is 14.1. The Morgan fingerprint density at radius 2 is 1.65 bits per heavy atom. The quantitative estimate of drug-likeness (QED) is 0.187. The Kier molecular flexibility index (Phi) is 8.22. The van der Waals surface area contributed by atoms with E-state index >= 15 is 0 Å². The Balaban J connectivity index is 1.76. The van der Waals surface area contributed by atoms with E-state index in [0.29, 0.717) is 22.0 Å². The molecule has 0 unspecified atom stereocenters. The molecule has 3 aromatic carbocycles. The molecule has 0 aliphatic rings. The maximum atomic E-state index is 12.4. The summed E-state index contributed by atoms with van der Waals surface area (Å²) in [5, 5.41) is 13.3. The number of carbonyl (C=O) groups excluding carboxylic acids is 1. The van der Waals surface area contributed by atoms with Crippen molar-refractivity contribution >= 4 is 75.1 Å². The van der Waals surface area contributed by atoms with Gasteiger partial charge in [0.15, 0.2) is 5.75 Å². The third-order valence-electron chi connectivity index (χ3n) is 4.10. The number of hydrogen-bond donors (Lipinski definition) is 1. The van der Waals surface area contributed by atoms with Gasteiger partial charge in [0, 0.05) is 14.3 Å². The van der Waals surface area contributed by atoms with Crippen LogP contribution in [0.1, 0.15) is 11.1 Å². The minimum atomic E-state index is -0.529. The van der Waals surface area contributed by atoms with E-state index in [-0.39, 0.29) is 22.2 Å². The van der Waals surface area contributed by atoms with Crippen LogP contribution >= 0.6 is 57.4 Å². The molecule has 0 saturated heterocycles. The van der Waals surface area contributed by atoms with Gasteiger partial charge in [0.25, 0.3) is 5.91 Å². The average Bonchev–Trinajstić information content (AvgIpc) is 2.74. The van der Waals surface area contributed by atoms with Gasteiger partial charge in [-0.1, -0.05) is 46.9 Å². The molecule has 8 heteroatoms. The molecular formula is C23H14Cl3IN2O2. The van der Waals surface area contributed by atoms with Crippen LogP contribution in [0.2, 0.25) is 15.1 Å². The SMILES string of the molecule is N#C/C(=C\c1cc(Cl)c(OCc2ccc(Cl)cc2)c(Cl)c1)C(=O)Nc1ccc(I)cc1. The zero-order chi connectivity index (χ0) is 22.4. The molecule has 0 bridgehead atoms. The number of nitrogens with one attached hydrogen (secondary N) is 1. The van der Waals surface area contributed by atoms with Crippen LogP contribution in [0.25, 0.3) is 6.08 Å². The molecule has 0 spiro atoms. The number of halogens is 4. The number of amides is 1. The Hall–Kier alpha value is -2.24. The number of anilines is 1. The van der Waals surface area contributed by atoms with E-state index in [4.69, 9.17) is 39.5 Å². The van der Waals surface area contributed by atoms with E-state index in [1.165, 1.54) is 6.08 Å². The van der Waals surface area contributed by atoms with E-state index < -0.39 is 5.91 Å². The second-order valence-electron chi connectivity index (χ2n) is 6.36. The minimum Gasteiger partial charge on any atom is -0.486 e. The van der Waals surface area contributed by atoms with Crippen molar-refractivity contribution in [3.05, 3.63) is 96.0 Å². The first-order chi connectivity index (χ1) is 14.9. The standard InChI is InChI=1S/C23H14Cl3IN2O2/c24-17-3-1-14(2-4-17)13-31-22-20(25)10-15(11-21(22)26)9-16(12-28)23(30)29-19-7-5-18(27)6-8-19/h1-11H,13H2,(H,29,30)/b16-9+. The maximum Gasteiger partial charge on any atom is 0.266 e. The van der Waals surface area contributed by atoms with Crippen LogP contribution in [0, 0.1) is 14.9 Å². The highest BCUT2D eigenvalue weighted by Crippen LogP contribution is 2.35. The van der Waals surface area contributed by atoms with E-state index in [9.17, 15) is 10.1 Å². The fraction of sp³-hybridized carbons (Fsp3) is 0.0435. The van der Waals surface area contributed by atoms with E-state index in [1.54, 1.807) is 36.4 Å². The number of nitrogens with zero attached hydrogens (tertiary/aromatic N) is 1. The zero-order valence-corrected chi connectivity index (χ0v) is 20.3. The number of ether oxygens (including phenoxy) is 1. The lowest BCUT2D eigenvalue weighted by atomic mass is 10.1. The van der Waals surface area contributed by atoms with Gasteiger partial charge in [0.1, 0.15) is 18.2 Å². The summed E-state index contributed by atoms with van der Waals surface area (Å²) < 4.78 is 6.78. The second kappa shape index (κ2) is 10.9. The lowest BCUT2D eigenvalue weighted by molar-refractivity contribution is -0.112. The molecule has 0 saturated carbocycles. The van der Waals surface area contributed by atoms with Crippen molar-refractivity contribution in [2.24, 2.45) is 0 Å². The summed E-state index contributed by atoms with van der Waals surface area (Å²) in [6.45, 7) is 0.258. The van der Waals surface area contributed by atoms with E-state index in [0.717, 1.165) is 9.13 Å². The first-order valence-corrected chi connectivity index (χ1v) is 11.1. The predicted octanol–water partition coefficient (Wildman–Crippen LogP) is 7.38. The van der Waals surface area contributed by atoms with Crippen molar-refractivity contribution in [1.29, 1.82) is 5.26 Å². The predicted molar refractivity (Wildman–Crippen MR) is 134 cm³/mol. The van der Waals surface area contributed by atoms with Crippen LogP contribution in [0.3, 0.4) is 0 Å². The Morgan fingerprint density at radius 3 is 2.23 bits per heavy atom. The molecule has 4 nitrogen and oxygen atoms in total. The molecule has 1 amide bonds. The van der Waals surface area contributed by atoms with Crippen molar-refractivity contribution in [1.82, 2.24) is 0 Å². The van der Waals surface area contributed by atoms with Gasteiger partial charge in [0.05, 0.1) is 10.0 Å². The molecule has 0 fully saturated rings. The minimum absolute atomic E-state index is 0.0829. The summed E-state index contributed by atoms with van der Waals surface area (Å²) in [6, 6.07) is 19.5. The molecule has 0 aliphatic carbocycles. The smallest absolute Gasteiger partial charge is 0.266 e. The number of benzene rings is 3. The van der Waals surface area contributed by atoms with Gasteiger partial charge in [-0.3, -0.25) is 4.79 Å². The normalized spacial score (nSPS) is 11.0. The summed E-state index contributed by atoms with van der Waals surface area (Å²) in [5.74, 6) is -0.212. The van der Waals surface area contributed by atoms with Gasteiger partial charge in [-0.15, -0.1) is 0 Å².